The lowest BCUT2D eigenvalue weighted by Crippen LogP contribution is -2.41. The van der Waals surface area contributed by atoms with Crippen LogP contribution in [-0.4, -0.2) is 20.4 Å². The van der Waals surface area contributed by atoms with E-state index in [4.69, 9.17) is 0 Å². The molecule has 0 aliphatic rings. The molecule has 0 saturated heterocycles. The highest BCUT2D eigenvalue weighted by atomic mass is 32.2. The second-order valence-corrected chi connectivity index (χ2v) is 7.64. The van der Waals surface area contributed by atoms with Crippen molar-refractivity contribution in [2.45, 2.75) is 37.6 Å². The average molecular weight is 346 g/mol. The quantitative estimate of drug-likeness (QED) is 0.844. The number of benzene rings is 2. The molecule has 2 N–H and O–H groups in total. The van der Waals surface area contributed by atoms with E-state index < -0.39 is 22.0 Å². The van der Waals surface area contributed by atoms with E-state index in [9.17, 15) is 13.2 Å². The van der Waals surface area contributed by atoms with Gasteiger partial charge < -0.3 is 5.32 Å². The second kappa shape index (κ2) is 7.59. The van der Waals surface area contributed by atoms with Crippen LogP contribution in [0.15, 0.2) is 59.5 Å². The minimum atomic E-state index is -3.73. The molecular formula is C18H22N2O3S. The zero-order valence-corrected chi connectivity index (χ0v) is 14.8. The van der Waals surface area contributed by atoms with Crippen molar-refractivity contribution >= 4 is 21.6 Å². The molecule has 0 aliphatic carbocycles. The standard InChI is InChI=1S/C18H22N2O3S/c1-13(2)15-9-11-16(12-10-15)19-18(21)14(3)20-24(22,23)17-7-5-4-6-8-17/h4-14,20H,1-3H3,(H,19,21). The number of carbonyl (C=O) groups excluding carboxylic acids is 1. The van der Waals surface area contributed by atoms with Gasteiger partial charge in [0.05, 0.1) is 10.9 Å². The Labute approximate surface area is 143 Å². The maximum atomic E-state index is 12.2. The van der Waals surface area contributed by atoms with Gasteiger partial charge in [-0.15, -0.1) is 0 Å². The molecule has 2 rings (SSSR count). The first-order chi connectivity index (χ1) is 11.3. The first kappa shape index (κ1) is 18.2. The van der Waals surface area contributed by atoms with Gasteiger partial charge in [0.2, 0.25) is 15.9 Å². The van der Waals surface area contributed by atoms with E-state index in [0.717, 1.165) is 0 Å². The van der Waals surface area contributed by atoms with Gasteiger partial charge >= 0.3 is 0 Å². The molecule has 0 spiro atoms. The van der Waals surface area contributed by atoms with Crippen molar-refractivity contribution in [3.05, 3.63) is 60.2 Å². The highest BCUT2D eigenvalue weighted by molar-refractivity contribution is 7.89. The van der Waals surface area contributed by atoms with Gasteiger partial charge in [-0.1, -0.05) is 44.2 Å². The predicted molar refractivity (Wildman–Crippen MR) is 95.4 cm³/mol. The van der Waals surface area contributed by atoms with Crippen LogP contribution in [0.5, 0.6) is 0 Å². The van der Waals surface area contributed by atoms with Gasteiger partial charge in [-0.3, -0.25) is 4.79 Å². The third-order valence-electron chi connectivity index (χ3n) is 3.62. The molecule has 5 nitrogen and oxygen atoms in total. The SMILES string of the molecule is CC(NS(=O)(=O)c1ccccc1)C(=O)Nc1ccc(C(C)C)cc1. The molecule has 0 bridgehead atoms. The molecular weight excluding hydrogens is 324 g/mol. The normalized spacial score (nSPS) is 12.8. The van der Waals surface area contributed by atoms with Crippen LogP contribution in [0, 0.1) is 0 Å². The zero-order valence-electron chi connectivity index (χ0n) is 14.0. The minimum Gasteiger partial charge on any atom is -0.325 e. The molecule has 2 aromatic carbocycles. The van der Waals surface area contributed by atoms with Gasteiger partial charge in [0.1, 0.15) is 0 Å². The lowest BCUT2D eigenvalue weighted by molar-refractivity contribution is -0.117. The van der Waals surface area contributed by atoms with E-state index in [1.165, 1.54) is 24.6 Å². The molecule has 128 valence electrons. The summed E-state index contributed by atoms with van der Waals surface area (Å²) in [5, 5.41) is 2.72. The van der Waals surface area contributed by atoms with E-state index in [1.54, 1.807) is 18.2 Å². The Morgan fingerprint density at radius 3 is 2.04 bits per heavy atom. The fraction of sp³-hybridized carbons (Fsp3) is 0.278. The maximum Gasteiger partial charge on any atom is 0.242 e. The van der Waals surface area contributed by atoms with Crippen molar-refractivity contribution in [3.63, 3.8) is 0 Å². The van der Waals surface area contributed by atoms with Crippen molar-refractivity contribution in [2.24, 2.45) is 0 Å². The summed E-state index contributed by atoms with van der Waals surface area (Å²) in [4.78, 5) is 12.3. The number of carbonyl (C=O) groups is 1. The van der Waals surface area contributed by atoms with E-state index in [2.05, 4.69) is 23.9 Å². The highest BCUT2D eigenvalue weighted by Crippen LogP contribution is 2.17. The van der Waals surface area contributed by atoms with Crippen LogP contribution in [0.4, 0.5) is 5.69 Å². The summed E-state index contributed by atoms with van der Waals surface area (Å²) in [6.07, 6.45) is 0. The number of rotatable bonds is 6. The van der Waals surface area contributed by atoms with Crippen molar-refractivity contribution in [3.8, 4) is 0 Å². The van der Waals surface area contributed by atoms with E-state index in [0.29, 0.717) is 11.6 Å². The van der Waals surface area contributed by atoms with Crippen LogP contribution < -0.4 is 10.0 Å². The molecule has 0 radical (unpaired) electrons. The molecule has 0 fully saturated rings. The monoisotopic (exact) mass is 346 g/mol. The molecule has 6 heteroatoms. The lowest BCUT2D eigenvalue weighted by atomic mass is 10.0. The van der Waals surface area contributed by atoms with Crippen LogP contribution in [0.1, 0.15) is 32.3 Å². The summed E-state index contributed by atoms with van der Waals surface area (Å²) >= 11 is 0. The largest absolute Gasteiger partial charge is 0.325 e. The molecule has 0 aromatic heterocycles. The number of hydrogen-bond donors (Lipinski definition) is 2. The molecule has 1 unspecified atom stereocenters. The molecule has 2 aromatic rings. The number of sulfonamides is 1. The minimum absolute atomic E-state index is 0.130. The smallest absolute Gasteiger partial charge is 0.242 e. The van der Waals surface area contributed by atoms with Gasteiger partial charge in [0, 0.05) is 5.69 Å². The number of amides is 1. The third-order valence-corrected chi connectivity index (χ3v) is 5.18. The van der Waals surface area contributed by atoms with Crippen molar-refractivity contribution in [1.29, 1.82) is 0 Å². The van der Waals surface area contributed by atoms with Crippen molar-refractivity contribution in [2.75, 3.05) is 5.32 Å². The maximum absolute atomic E-state index is 12.2. The van der Waals surface area contributed by atoms with Gasteiger partial charge in [0.15, 0.2) is 0 Å². The summed E-state index contributed by atoms with van der Waals surface area (Å²) in [7, 11) is -3.73. The van der Waals surface area contributed by atoms with Crippen LogP contribution in [0.25, 0.3) is 0 Å². The third kappa shape index (κ3) is 4.66. The van der Waals surface area contributed by atoms with Gasteiger partial charge in [0.25, 0.3) is 0 Å². The van der Waals surface area contributed by atoms with Crippen LogP contribution in [0.2, 0.25) is 0 Å². The summed E-state index contributed by atoms with van der Waals surface area (Å²) < 4.78 is 26.8. The Kier molecular flexibility index (Phi) is 5.75. The van der Waals surface area contributed by atoms with Crippen LogP contribution in [-0.2, 0) is 14.8 Å². The average Bonchev–Trinajstić information content (AvgIpc) is 2.55. The Morgan fingerprint density at radius 2 is 1.50 bits per heavy atom. The molecule has 1 atom stereocenters. The van der Waals surface area contributed by atoms with E-state index in [-0.39, 0.29) is 4.90 Å². The van der Waals surface area contributed by atoms with Crippen LogP contribution in [0.3, 0.4) is 0 Å². The lowest BCUT2D eigenvalue weighted by Gasteiger charge is -2.15. The van der Waals surface area contributed by atoms with Crippen molar-refractivity contribution in [1.82, 2.24) is 4.72 Å². The summed E-state index contributed by atoms with van der Waals surface area (Å²) in [5.74, 6) is -0.00170. The van der Waals surface area contributed by atoms with E-state index in [1.807, 2.05) is 24.3 Å². The zero-order chi connectivity index (χ0) is 17.7. The van der Waals surface area contributed by atoms with Gasteiger partial charge in [-0.25, -0.2) is 8.42 Å². The fourth-order valence-electron chi connectivity index (χ4n) is 2.16. The molecule has 1 amide bonds. The second-order valence-electron chi connectivity index (χ2n) is 5.92. The number of hydrogen-bond acceptors (Lipinski definition) is 3. The topological polar surface area (TPSA) is 75.3 Å². The predicted octanol–water partition coefficient (Wildman–Crippen LogP) is 3.12. The van der Waals surface area contributed by atoms with Crippen LogP contribution >= 0.6 is 0 Å². The summed E-state index contributed by atoms with van der Waals surface area (Å²) in [6.45, 7) is 5.69. The number of anilines is 1. The molecule has 24 heavy (non-hydrogen) atoms. The first-order valence-corrected chi connectivity index (χ1v) is 9.26. The van der Waals surface area contributed by atoms with E-state index >= 15 is 0 Å². The number of nitrogens with one attached hydrogen (secondary N) is 2. The Hall–Kier alpha value is -2.18. The van der Waals surface area contributed by atoms with Gasteiger partial charge in [-0.05, 0) is 42.7 Å². The van der Waals surface area contributed by atoms with Crippen molar-refractivity contribution < 1.29 is 13.2 Å². The molecule has 0 aliphatic heterocycles. The fourth-order valence-corrected chi connectivity index (χ4v) is 3.38. The highest BCUT2D eigenvalue weighted by Gasteiger charge is 2.21. The Bertz CT molecular complexity index is 785. The Morgan fingerprint density at radius 1 is 0.917 bits per heavy atom. The summed E-state index contributed by atoms with van der Waals surface area (Å²) in [5.41, 5.74) is 1.81. The summed E-state index contributed by atoms with van der Waals surface area (Å²) in [6, 6.07) is 14.6. The van der Waals surface area contributed by atoms with Gasteiger partial charge in [-0.2, -0.15) is 4.72 Å². The molecule has 0 heterocycles. The first-order valence-electron chi connectivity index (χ1n) is 7.78. The Balaban J connectivity index is 2.02. The molecule has 0 saturated carbocycles.